The van der Waals surface area contributed by atoms with Gasteiger partial charge >= 0.3 is 0 Å². The number of anilines is 1. The fraction of sp³-hybridized carbons (Fsp3) is 0.643. The fourth-order valence-corrected chi connectivity index (χ4v) is 3.97. The van der Waals surface area contributed by atoms with Crippen LogP contribution < -0.4 is 10.6 Å². The van der Waals surface area contributed by atoms with Crippen LogP contribution in [0.1, 0.15) is 19.3 Å². The highest BCUT2D eigenvalue weighted by atomic mass is 32.1. The van der Waals surface area contributed by atoms with E-state index in [9.17, 15) is 0 Å². The summed E-state index contributed by atoms with van der Waals surface area (Å²) in [6, 6.07) is 1.78. The van der Waals surface area contributed by atoms with Gasteiger partial charge in [-0.05, 0) is 37.8 Å². The largest absolute Gasteiger partial charge is 0.376 e. The van der Waals surface area contributed by atoms with Gasteiger partial charge in [-0.3, -0.25) is 0 Å². The Morgan fingerprint density at radius 3 is 3.09 bits per heavy atom. The van der Waals surface area contributed by atoms with E-state index in [2.05, 4.69) is 26.0 Å². The lowest BCUT2D eigenvalue weighted by molar-refractivity contribution is 0.0925. The van der Waals surface area contributed by atoms with Crippen LogP contribution in [0.4, 0.5) is 5.13 Å². The summed E-state index contributed by atoms with van der Waals surface area (Å²) in [4.78, 5) is 0. The van der Waals surface area contributed by atoms with Crippen LogP contribution in [0, 0.1) is 5.41 Å². The quantitative estimate of drug-likeness (QED) is 0.887. The minimum absolute atomic E-state index is 0.262. The number of hydrogen-bond acceptors (Lipinski definition) is 8. The molecule has 2 aromatic heterocycles. The Bertz CT molecular complexity index is 609. The van der Waals surface area contributed by atoms with Gasteiger partial charge in [-0.1, -0.05) is 16.5 Å². The van der Waals surface area contributed by atoms with Crippen molar-refractivity contribution in [2.45, 2.75) is 25.4 Å². The van der Waals surface area contributed by atoms with Gasteiger partial charge in [0.25, 0.3) is 0 Å². The molecular weight excluding hydrogens is 302 g/mol. The lowest BCUT2D eigenvalue weighted by atomic mass is 9.77. The number of rotatable bonds is 4. The van der Waals surface area contributed by atoms with Crippen molar-refractivity contribution in [2.24, 2.45) is 5.41 Å². The molecular formula is C14H19N5O2S. The second-order valence-electron chi connectivity index (χ2n) is 6.07. The molecule has 1 atom stereocenters. The highest BCUT2D eigenvalue weighted by Gasteiger charge is 2.40. The summed E-state index contributed by atoms with van der Waals surface area (Å²) in [5, 5.41) is 20.5. The van der Waals surface area contributed by atoms with E-state index < -0.39 is 0 Å². The van der Waals surface area contributed by atoms with Gasteiger partial charge in [0.1, 0.15) is 12.0 Å². The van der Waals surface area contributed by atoms with Crippen LogP contribution in [0.5, 0.6) is 0 Å². The maximum absolute atomic E-state index is 5.99. The molecule has 4 heterocycles. The molecule has 1 unspecified atom stereocenters. The third kappa shape index (κ3) is 2.86. The molecule has 1 spiro atoms. The highest BCUT2D eigenvalue weighted by molar-refractivity contribution is 7.18. The van der Waals surface area contributed by atoms with Crippen LogP contribution in [0.25, 0.3) is 10.7 Å². The lowest BCUT2D eigenvalue weighted by Gasteiger charge is -2.32. The van der Waals surface area contributed by atoms with E-state index in [-0.39, 0.29) is 6.10 Å². The topological polar surface area (TPSA) is 85.1 Å². The van der Waals surface area contributed by atoms with Crippen molar-refractivity contribution in [2.75, 3.05) is 31.6 Å². The number of nitrogens with one attached hydrogen (secondary N) is 2. The average molecular weight is 321 g/mol. The normalized spacial score (nSPS) is 23.9. The predicted molar refractivity (Wildman–Crippen MR) is 82.8 cm³/mol. The first-order chi connectivity index (χ1) is 10.8. The van der Waals surface area contributed by atoms with E-state index in [0.29, 0.717) is 5.41 Å². The van der Waals surface area contributed by atoms with E-state index in [1.54, 1.807) is 6.07 Å². The van der Waals surface area contributed by atoms with Gasteiger partial charge in [-0.25, -0.2) is 0 Å². The van der Waals surface area contributed by atoms with Crippen molar-refractivity contribution in [1.29, 1.82) is 0 Å². The highest BCUT2D eigenvalue weighted by Crippen LogP contribution is 2.40. The number of piperidine rings is 1. The van der Waals surface area contributed by atoms with Gasteiger partial charge in [0, 0.05) is 12.6 Å². The number of nitrogens with zero attached hydrogens (tertiary/aromatic N) is 3. The first-order valence-corrected chi connectivity index (χ1v) is 8.45. The molecule has 2 aromatic rings. The average Bonchev–Trinajstić information content (AvgIpc) is 3.27. The zero-order valence-corrected chi connectivity index (χ0v) is 13.1. The first-order valence-electron chi connectivity index (χ1n) is 7.64. The maximum Gasteiger partial charge on any atom is 0.206 e. The fourth-order valence-electron chi connectivity index (χ4n) is 3.25. The molecule has 0 amide bonds. The molecule has 2 saturated heterocycles. The molecule has 118 valence electrons. The lowest BCUT2D eigenvalue weighted by Crippen LogP contribution is -2.37. The van der Waals surface area contributed by atoms with E-state index in [1.165, 1.54) is 30.4 Å². The number of aromatic nitrogens is 3. The van der Waals surface area contributed by atoms with Gasteiger partial charge in [-0.15, -0.1) is 10.2 Å². The molecule has 0 bridgehead atoms. The van der Waals surface area contributed by atoms with Crippen LogP contribution in [-0.2, 0) is 4.74 Å². The molecule has 0 aliphatic carbocycles. The van der Waals surface area contributed by atoms with E-state index in [1.807, 2.05) is 0 Å². The first kappa shape index (κ1) is 14.1. The van der Waals surface area contributed by atoms with Gasteiger partial charge in [0.2, 0.25) is 5.13 Å². The van der Waals surface area contributed by atoms with Crippen molar-refractivity contribution >= 4 is 16.5 Å². The van der Waals surface area contributed by atoms with Crippen molar-refractivity contribution in [3.63, 3.8) is 0 Å². The summed E-state index contributed by atoms with van der Waals surface area (Å²) in [6.07, 6.45) is 5.38. The van der Waals surface area contributed by atoms with Gasteiger partial charge < -0.3 is 19.9 Å². The SMILES string of the molecule is c1cc(-c2nnc(NCC3CC4(CCNCC4)CO3)s2)no1. The smallest absolute Gasteiger partial charge is 0.206 e. The Morgan fingerprint density at radius 2 is 2.27 bits per heavy atom. The summed E-state index contributed by atoms with van der Waals surface area (Å²) >= 11 is 1.48. The second kappa shape index (κ2) is 5.94. The Labute approximate surface area is 132 Å². The summed E-state index contributed by atoms with van der Waals surface area (Å²) in [5.41, 5.74) is 1.11. The number of ether oxygens (including phenoxy) is 1. The maximum atomic E-state index is 5.99. The molecule has 0 aromatic carbocycles. The minimum atomic E-state index is 0.262. The van der Waals surface area contributed by atoms with Crippen LogP contribution in [0.3, 0.4) is 0 Å². The summed E-state index contributed by atoms with van der Waals surface area (Å²) < 4.78 is 10.8. The summed E-state index contributed by atoms with van der Waals surface area (Å²) in [5.74, 6) is 0. The molecule has 2 fully saturated rings. The molecule has 2 aliphatic heterocycles. The van der Waals surface area contributed by atoms with Gasteiger partial charge in [-0.2, -0.15) is 0 Å². The van der Waals surface area contributed by atoms with Crippen molar-refractivity contribution in [3.8, 4) is 10.7 Å². The van der Waals surface area contributed by atoms with Crippen LogP contribution >= 0.6 is 11.3 Å². The Balaban J connectivity index is 1.32. The van der Waals surface area contributed by atoms with Crippen LogP contribution in [-0.4, -0.2) is 47.7 Å². The molecule has 2 N–H and O–H groups in total. The molecule has 7 nitrogen and oxygen atoms in total. The van der Waals surface area contributed by atoms with Gasteiger partial charge in [0.05, 0.1) is 12.7 Å². The molecule has 0 saturated carbocycles. The monoisotopic (exact) mass is 321 g/mol. The third-order valence-electron chi connectivity index (χ3n) is 4.51. The van der Waals surface area contributed by atoms with E-state index in [4.69, 9.17) is 9.26 Å². The Morgan fingerprint density at radius 1 is 1.36 bits per heavy atom. The minimum Gasteiger partial charge on any atom is -0.376 e. The van der Waals surface area contributed by atoms with Gasteiger partial charge in [0.15, 0.2) is 5.01 Å². The molecule has 0 radical (unpaired) electrons. The van der Waals surface area contributed by atoms with E-state index in [0.717, 1.165) is 48.5 Å². The molecule has 4 rings (SSSR count). The predicted octanol–water partition coefficient (Wildman–Crippen LogP) is 1.76. The standard InChI is InChI=1S/C14H19N5O2S/c1-6-21-19-11(1)12-17-18-13(22-12)16-8-10-7-14(9-20-10)2-4-15-5-3-14/h1,6,10,15H,2-5,7-9H2,(H,16,18). The molecule has 8 heteroatoms. The van der Waals surface area contributed by atoms with Crippen molar-refractivity contribution in [1.82, 2.24) is 20.7 Å². The number of hydrogen-bond donors (Lipinski definition) is 2. The van der Waals surface area contributed by atoms with Crippen molar-refractivity contribution in [3.05, 3.63) is 12.3 Å². The van der Waals surface area contributed by atoms with Crippen LogP contribution in [0.15, 0.2) is 16.9 Å². The zero-order chi connectivity index (χ0) is 14.8. The summed E-state index contributed by atoms with van der Waals surface area (Å²) in [6.45, 7) is 3.89. The van der Waals surface area contributed by atoms with E-state index >= 15 is 0 Å². The molecule has 22 heavy (non-hydrogen) atoms. The summed E-state index contributed by atoms with van der Waals surface area (Å²) in [7, 11) is 0. The third-order valence-corrected chi connectivity index (χ3v) is 5.42. The Hall–Kier alpha value is -1.51. The Kier molecular flexibility index (Phi) is 3.81. The second-order valence-corrected chi connectivity index (χ2v) is 7.04. The van der Waals surface area contributed by atoms with Crippen LogP contribution in [0.2, 0.25) is 0 Å². The molecule has 2 aliphatic rings. The zero-order valence-electron chi connectivity index (χ0n) is 12.2. The van der Waals surface area contributed by atoms with Crippen molar-refractivity contribution < 1.29 is 9.26 Å².